The molecule has 3 rings (SSSR count). The fourth-order valence-electron chi connectivity index (χ4n) is 2.14. The second-order valence-electron chi connectivity index (χ2n) is 4.50. The molecular weight excluding hydrogens is 264 g/mol. The topological polar surface area (TPSA) is 59.9 Å². The van der Waals surface area contributed by atoms with Gasteiger partial charge in [-0.25, -0.2) is 4.98 Å². The zero-order chi connectivity index (χ0) is 14.5. The molecule has 0 aliphatic rings. The number of fused-ring (bicyclic) bond motifs is 1. The molecule has 1 aromatic carbocycles. The standard InChI is InChI=1S/C16H16N4O/c1-2-21-14-8-10-18-16(20-14)19-11-13-6-3-5-12-7-4-9-17-15(12)13/h3-10H,2,11H2,1H3,(H,18,19,20). The van der Waals surface area contributed by atoms with Gasteiger partial charge in [-0.2, -0.15) is 4.98 Å². The van der Waals surface area contributed by atoms with Crippen molar-refractivity contribution in [2.45, 2.75) is 13.5 Å². The van der Waals surface area contributed by atoms with Crippen molar-refractivity contribution in [3.63, 3.8) is 0 Å². The Hall–Kier alpha value is -2.69. The Morgan fingerprint density at radius 1 is 1.05 bits per heavy atom. The minimum atomic E-state index is 0.550. The quantitative estimate of drug-likeness (QED) is 0.778. The number of aromatic nitrogens is 3. The average molecular weight is 280 g/mol. The predicted molar refractivity (Wildman–Crippen MR) is 82.3 cm³/mol. The molecule has 0 radical (unpaired) electrons. The van der Waals surface area contributed by atoms with Gasteiger partial charge < -0.3 is 10.1 Å². The highest BCUT2D eigenvalue weighted by Crippen LogP contribution is 2.17. The highest BCUT2D eigenvalue weighted by molar-refractivity contribution is 5.81. The van der Waals surface area contributed by atoms with E-state index in [0.29, 0.717) is 25.0 Å². The molecule has 0 aliphatic carbocycles. The normalized spacial score (nSPS) is 10.5. The van der Waals surface area contributed by atoms with Crippen LogP contribution in [-0.4, -0.2) is 21.6 Å². The maximum absolute atomic E-state index is 5.37. The van der Waals surface area contributed by atoms with Gasteiger partial charge in [0.25, 0.3) is 0 Å². The number of para-hydroxylation sites is 1. The lowest BCUT2D eigenvalue weighted by molar-refractivity contribution is 0.326. The maximum Gasteiger partial charge on any atom is 0.226 e. The monoisotopic (exact) mass is 280 g/mol. The number of hydrogen-bond donors (Lipinski definition) is 1. The maximum atomic E-state index is 5.37. The van der Waals surface area contributed by atoms with E-state index >= 15 is 0 Å². The van der Waals surface area contributed by atoms with E-state index in [1.54, 1.807) is 18.5 Å². The summed E-state index contributed by atoms with van der Waals surface area (Å²) in [6, 6.07) is 11.9. The van der Waals surface area contributed by atoms with Crippen LogP contribution in [-0.2, 0) is 6.54 Å². The lowest BCUT2D eigenvalue weighted by Crippen LogP contribution is -2.05. The van der Waals surface area contributed by atoms with E-state index in [9.17, 15) is 0 Å². The summed E-state index contributed by atoms with van der Waals surface area (Å²) in [4.78, 5) is 12.9. The molecule has 5 nitrogen and oxygen atoms in total. The van der Waals surface area contributed by atoms with Gasteiger partial charge in [-0.15, -0.1) is 0 Å². The smallest absolute Gasteiger partial charge is 0.226 e. The summed E-state index contributed by atoms with van der Waals surface area (Å²) in [7, 11) is 0. The zero-order valence-corrected chi connectivity index (χ0v) is 11.8. The summed E-state index contributed by atoms with van der Waals surface area (Å²) in [5.74, 6) is 1.12. The number of ether oxygens (including phenoxy) is 1. The Kier molecular flexibility index (Phi) is 3.91. The van der Waals surface area contributed by atoms with Crippen LogP contribution in [0.4, 0.5) is 5.95 Å². The number of rotatable bonds is 5. The van der Waals surface area contributed by atoms with Gasteiger partial charge >= 0.3 is 0 Å². The first-order valence-corrected chi connectivity index (χ1v) is 6.89. The van der Waals surface area contributed by atoms with Crippen molar-refractivity contribution < 1.29 is 4.74 Å². The van der Waals surface area contributed by atoms with Crippen molar-refractivity contribution in [1.29, 1.82) is 0 Å². The van der Waals surface area contributed by atoms with Crippen LogP contribution in [0.15, 0.2) is 48.8 Å². The third-order valence-electron chi connectivity index (χ3n) is 3.08. The van der Waals surface area contributed by atoms with Gasteiger partial charge in [-0.05, 0) is 18.6 Å². The molecule has 0 amide bonds. The van der Waals surface area contributed by atoms with Crippen LogP contribution in [0, 0.1) is 0 Å². The van der Waals surface area contributed by atoms with Crippen molar-refractivity contribution in [1.82, 2.24) is 15.0 Å². The molecule has 1 N–H and O–H groups in total. The highest BCUT2D eigenvalue weighted by Gasteiger charge is 2.03. The number of benzene rings is 1. The average Bonchev–Trinajstić information content (AvgIpc) is 2.53. The number of anilines is 1. The molecule has 0 atom stereocenters. The fraction of sp³-hybridized carbons (Fsp3) is 0.188. The van der Waals surface area contributed by atoms with Gasteiger partial charge in [0.1, 0.15) is 0 Å². The largest absolute Gasteiger partial charge is 0.478 e. The lowest BCUT2D eigenvalue weighted by Gasteiger charge is -2.08. The molecule has 2 heterocycles. The van der Waals surface area contributed by atoms with Crippen LogP contribution in [0.1, 0.15) is 12.5 Å². The number of pyridine rings is 1. The van der Waals surface area contributed by atoms with Crippen LogP contribution in [0.2, 0.25) is 0 Å². The van der Waals surface area contributed by atoms with Crippen molar-refractivity contribution in [3.05, 3.63) is 54.4 Å². The van der Waals surface area contributed by atoms with E-state index in [-0.39, 0.29) is 0 Å². The first kappa shape index (κ1) is 13.3. The third kappa shape index (κ3) is 3.08. The van der Waals surface area contributed by atoms with E-state index in [1.807, 2.05) is 19.1 Å². The Balaban J connectivity index is 1.79. The van der Waals surface area contributed by atoms with E-state index in [4.69, 9.17) is 4.74 Å². The van der Waals surface area contributed by atoms with Crippen molar-refractivity contribution in [2.24, 2.45) is 0 Å². The Labute approximate surface area is 123 Å². The molecule has 21 heavy (non-hydrogen) atoms. The van der Waals surface area contributed by atoms with Crippen LogP contribution in [0.25, 0.3) is 10.9 Å². The minimum absolute atomic E-state index is 0.550. The zero-order valence-electron chi connectivity index (χ0n) is 11.8. The Morgan fingerprint density at radius 3 is 2.86 bits per heavy atom. The highest BCUT2D eigenvalue weighted by atomic mass is 16.5. The van der Waals surface area contributed by atoms with Gasteiger partial charge in [0.15, 0.2) is 0 Å². The summed E-state index contributed by atoms with van der Waals surface area (Å²) in [5, 5.41) is 4.34. The van der Waals surface area contributed by atoms with Gasteiger partial charge in [0.2, 0.25) is 11.8 Å². The third-order valence-corrected chi connectivity index (χ3v) is 3.08. The molecule has 5 heteroatoms. The summed E-state index contributed by atoms with van der Waals surface area (Å²) >= 11 is 0. The lowest BCUT2D eigenvalue weighted by atomic mass is 10.1. The number of nitrogens with zero attached hydrogens (tertiary/aromatic N) is 3. The SMILES string of the molecule is CCOc1ccnc(NCc2cccc3cccnc23)n1. The second-order valence-corrected chi connectivity index (χ2v) is 4.50. The second kappa shape index (κ2) is 6.17. The Morgan fingerprint density at radius 2 is 1.95 bits per heavy atom. The van der Waals surface area contributed by atoms with Crippen LogP contribution in [0.3, 0.4) is 0 Å². The number of nitrogens with one attached hydrogen (secondary N) is 1. The van der Waals surface area contributed by atoms with Gasteiger partial charge in [0, 0.05) is 30.4 Å². The molecule has 2 aromatic heterocycles. The van der Waals surface area contributed by atoms with Crippen LogP contribution in [0.5, 0.6) is 5.88 Å². The molecule has 0 aliphatic heterocycles. The molecule has 0 spiro atoms. The van der Waals surface area contributed by atoms with Crippen molar-refractivity contribution in [3.8, 4) is 5.88 Å². The van der Waals surface area contributed by atoms with Crippen LogP contribution >= 0.6 is 0 Å². The number of hydrogen-bond acceptors (Lipinski definition) is 5. The van der Waals surface area contributed by atoms with Gasteiger partial charge in [0.05, 0.1) is 12.1 Å². The van der Waals surface area contributed by atoms with E-state index < -0.39 is 0 Å². The first-order chi connectivity index (χ1) is 10.4. The van der Waals surface area contributed by atoms with E-state index in [2.05, 4.69) is 38.5 Å². The Bertz CT molecular complexity index is 740. The summed E-state index contributed by atoms with van der Waals surface area (Å²) in [5.41, 5.74) is 2.10. The predicted octanol–water partition coefficient (Wildman–Crippen LogP) is 3.04. The van der Waals surface area contributed by atoms with E-state index in [0.717, 1.165) is 16.5 Å². The molecular formula is C16H16N4O. The summed E-state index contributed by atoms with van der Waals surface area (Å²) in [6.07, 6.45) is 3.49. The molecule has 106 valence electrons. The summed E-state index contributed by atoms with van der Waals surface area (Å²) < 4.78 is 5.37. The van der Waals surface area contributed by atoms with Crippen LogP contribution < -0.4 is 10.1 Å². The van der Waals surface area contributed by atoms with E-state index in [1.165, 1.54) is 0 Å². The minimum Gasteiger partial charge on any atom is -0.478 e. The van der Waals surface area contributed by atoms with Crippen molar-refractivity contribution >= 4 is 16.9 Å². The molecule has 0 bridgehead atoms. The van der Waals surface area contributed by atoms with Gasteiger partial charge in [-0.3, -0.25) is 4.98 Å². The molecule has 0 fully saturated rings. The fourth-order valence-corrected chi connectivity index (χ4v) is 2.14. The summed E-state index contributed by atoms with van der Waals surface area (Å²) in [6.45, 7) is 3.13. The first-order valence-electron chi connectivity index (χ1n) is 6.89. The van der Waals surface area contributed by atoms with Crippen molar-refractivity contribution in [2.75, 3.05) is 11.9 Å². The molecule has 0 saturated heterocycles. The van der Waals surface area contributed by atoms with Gasteiger partial charge in [-0.1, -0.05) is 24.3 Å². The molecule has 3 aromatic rings. The molecule has 0 unspecified atom stereocenters. The molecule has 0 saturated carbocycles.